The Labute approximate surface area is 203 Å². The Morgan fingerprint density at radius 3 is 2.85 bits per heavy atom. The fourth-order valence-corrected chi connectivity index (χ4v) is 5.22. The van der Waals surface area contributed by atoms with E-state index in [1.54, 1.807) is 46.7 Å². The first kappa shape index (κ1) is 22.3. The minimum absolute atomic E-state index is 0.107. The lowest BCUT2D eigenvalue weighted by Gasteiger charge is -2.15. The molecule has 1 unspecified atom stereocenters. The molecule has 0 saturated heterocycles. The van der Waals surface area contributed by atoms with E-state index in [1.807, 2.05) is 12.1 Å². The van der Waals surface area contributed by atoms with Crippen LogP contribution in [0.5, 0.6) is 11.5 Å². The van der Waals surface area contributed by atoms with Crippen molar-refractivity contribution in [1.82, 2.24) is 19.3 Å². The minimum Gasteiger partial charge on any atom is -0.497 e. The standard InChI is InChI=1S/C23H20ClN5O4S/c1-32-16-6-7-19(33-2)18(10-16)26-20(30)9-15-12-34-23-27-21-17(22(31)28(15)23)11-25-29(21)14-5-3-4-13(24)8-14/h3-8,10-11,15H,9,12H2,1-2H3,(H,26,30). The van der Waals surface area contributed by atoms with Crippen molar-refractivity contribution < 1.29 is 14.3 Å². The number of anilines is 1. The smallest absolute Gasteiger partial charge is 0.265 e. The van der Waals surface area contributed by atoms with Gasteiger partial charge in [-0.2, -0.15) is 5.10 Å². The summed E-state index contributed by atoms with van der Waals surface area (Å²) in [5, 5.41) is 8.71. The number of nitrogens with one attached hydrogen (secondary N) is 1. The molecule has 1 N–H and O–H groups in total. The molecule has 2 aromatic heterocycles. The van der Waals surface area contributed by atoms with Crippen LogP contribution < -0.4 is 20.3 Å². The monoisotopic (exact) mass is 497 g/mol. The third kappa shape index (κ3) is 3.99. The number of amides is 1. The van der Waals surface area contributed by atoms with E-state index in [2.05, 4.69) is 15.4 Å². The van der Waals surface area contributed by atoms with Crippen molar-refractivity contribution >= 4 is 46.0 Å². The zero-order valence-electron chi connectivity index (χ0n) is 18.3. The summed E-state index contributed by atoms with van der Waals surface area (Å²) < 4.78 is 13.7. The van der Waals surface area contributed by atoms with E-state index >= 15 is 0 Å². The Bertz CT molecular complexity index is 1470. The first-order valence-corrected chi connectivity index (χ1v) is 11.8. The number of hydrogen-bond acceptors (Lipinski definition) is 7. The molecule has 0 aliphatic carbocycles. The molecular formula is C23H20ClN5O4S. The maximum absolute atomic E-state index is 13.3. The summed E-state index contributed by atoms with van der Waals surface area (Å²) in [4.78, 5) is 30.9. The Morgan fingerprint density at radius 1 is 1.24 bits per heavy atom. The van der Waals surface area contributed by atoms with Gasteiger partial charge in [0.2, 0.25) is 5.91 Å². The molecule has 2 aromatic carbocycles. The molecule has 0 fully saturated rings. The SMILES string of the molecule is COc1ccc(OC)c(NC(=O)CC2CSc3nc4c(cnn4-c4cccc(Cl)c4)c(=O)n32)c1. The van der Waals surface area contributed by atoms with Crippen LogP contribution in [0.1, 0.15) is 12.5 Å². The largest absolute Gasteiger partial charge is 0.497 e. The highest BCUT2D eigenvalue weighted by Gasteiger charge is 2.30. The van der Waals surface area contributed by atoms with Gasteiger partial charge >= 0.3 is 0 Å². The van der Waals surface area contributed by atoms with E-state index in [0.717, 1.165) is 0 Å². The Morgan fingerprint density at radius 2 is 2.09 bits per heavy atom. The lowest BCUT2D eigenvalue weighted by atomic mass is 10.2. The fourth-order valence-electron chi connectivity index (χ4n) is 3.90. The molecule has 1 aliphatic heterocycles. The van der Waals surface area contributed by atoms with Crippen molar-refractivity contribution in [3.8, 4) is 17.2 Å². The molecule has 1 atom stereocenters. The summed E-state index contributed by atoms with van der Waals surface area (Å²) >= 11 is 7.55. The van der Waals surface area contributed by atoms with Crippen molar-refractivity contribution in [3.63, 3.8) is 0 Å². The van der Waals surface area contributed by atoms with E-state index in [1.165, 1.54) is 25.1 Å². The third-order valence-electron chi connectivity index (χ3n) is 5.53. The number of benzene rings is 2. The molecule has 3 heterocycles. The number of hydrogen-bond donors (Lipinski definition) is 1. The van der Waals surface area contributed by atoms with Gasteiger partial charge in [-0.25, -0.2) is 9.67 Å². The number of thioether (sulfide) groups is 1. The van der Waals surface area contributed by atoms with Gasteiger partial charge < -0.3 is 14.8 Å². The fraction of sp³-hybridized carbons (Fsp3) is 0.217. The van der Waals surface area contributed by atoms with E-state index in [9.17, 15) is 9.59 Å². The summed E-state index contributed by atoms with van der Waals surface area (Å²) in [5.74, 6) is 1.43. The topological polar surface area (TPSA) is 100 Å². The number of aromatic nitrogens is 4. The number of halogens is 1. The molecule has 9 nitrogen and oxygen atoms in total. The van der Waals surface area contributed by atoms with Crippen LogP contribution in [0.25, 0.3) is 16.7 Å². The molecule has 0 spiro atoms. The summed E-state index contributed by atoms with van der Waals surface area (Å²) in [6.07, 6.45) is 1.61. The molecule has 0 saturated carbocycles. The average molecular weight is 498 g/mol. The second-order valence-electron chi connectivity index (χ2n) is 7.63. The molecule has 1 aliphatic rings. The quantitative estimate of drug-likeness (QED) is 0.403. The highest BCUT2D eigenvalue weighted by molar-refractivity contribution is 7.99. The number of fused-ring (bicyclic) bond motifs is 2. The number of rotatable bonds is 6. The highest BCUT2D eigenvalue weighted by atomic mass is 35.5. The molecule has 11 heteroatoms. The van der Waals surface area contributed by atoms with Gasteiger partial charge in [0.1, 0.15) is 16.9 Å². The lowest BCUT2D eigenvalue weighted by Crippen LogP contribution is -2.27. The van der Waals surface area contributed by atoms with Crippen LogP contribution in [0, 0.1) is 0 Å². The normalized spacial score (nSPS) is 14.7. The second-order valence-corrected chi connectivity index (χ2v) is 9.05. The van der Waals surface area contributed by atoms with Gasteiger partial charge in [-0.1, -0.05) is 29.4 Å². The van der Waals surface area contributed by atoms with Crippen LogP contribution in [0.2, 0.25) is 5.02 Å². The number of methoxy groups -OCH3 is 2. The van der Waals surface area contributed by atoms with Crippen molar-refractivity contribution in [2.45, 2.75) is 17.6 Å². The number of ether oxygens (including phenoxy) is 2. The van der Waals surface area contributed by atoms with Crippen LogP contribution in [0.4, 0.5) is 5.69 Å². The Balaban J connectivity index is 1.43. The third-order valence-corrected chi connectivity index (χ3v) is 6.86. The van der Waals surface area contributed by atoms with E-state index in [4.69, 9.17) is 21.1 Å². The average Bonchev–Trinajstić information content (AvgIpc) is 3.44. The molecule has 0 radical (unpaired) electrons. The van der Waals surface area contributed by atoms with Crippen LogP contribution >= 0.6 is 23.4 Å². The van der Waals surface area contributed by atoms with Gasteiger partial charge in [-0.15, -0.1) is 0 Å². The molecule has 4 aromatic rings. The van der Waals surface area contributed by atoms with Crippen molar-refractivity contribution in [3.05, 3.63) is 64.0 Å². The van der Waals surface area contributed by atoms with Crippen LogP contribution in [-0.2, 0) is 4.79 Å². The summed E-state index contributed by atoms with van der Waals surface area (Å²) in [7, 11) is 3.08. The van der Waals surface area contributed by atoms with Crippen molar-refractivity contribution in [1.29, 1.82) is 0 Å². The Kier molecular flexibility index (Phi) is 5.93. The Hall–Kier alpha value is -3.50. The van der Waals surface area contributed by atoms with Gasteiger partial charge in [-0.05, 0) is 30.3 Å². The molecule has 174 valence electrons. The molecule has 34 heavy (non-hydrogen) atoms. The predicted molar refractivity (Wildman–Crippen MR) is 131 cm³/mol. The summed E-state index contributed by atoms with van der Waals surface area (Å²) in [5.41, 5.74) is 1.44. The molecular weight excluding hydrogens is 478 g/mol. The first-order chi connectivity index (χ1) is 16.5. The molecule has 0 bridgehead atoms. The van der Waals surface area contributed by atoms with Crippen LogP contribution in [0.3, 0.4) is 0 Å². The maximum atomic E-state index is 13.3. The first-order valence-electron chi connectivity index (χ1n) is 10.4. The summed E-state index contributed by atoms with van der Waals surface area (Å²) in [6.45, 7) is 0. The predicted octanol–water partition coefficient (Wildman–Crippen LogP) is 3.93. The highest BCUT2D eigenvalue weighted by Crippen LogP contribution is 2.34. The van der Waals surface area contributed by atoms with Crippen LogP contribution in [0.15, 0.2) is 58.6 Å². The van der Waals surface area contributed by atoms with E-state index < -0.39 is 0 Å². The molecule has 1 amide bonds. The van der Waals surface area contributed by atoms with E-state index in [-0.39, 0.29) is 23.9 Å². The van der Waals surface area contributed by atoms with Gasteiger partial charge in [0.15, 0.2) is 10.8 Å². The second kappa shape index (κ2) is 9.03. The number of carbonyl (C=O) groups is 1. The maximum Gasteiger partial charge on any atom is 0.265 e. The van der Waals surface area contributed by atoms with Gasteiger partial charge in [0.05, 0.1) is 37.8 Å². The number of carbonyl (C=O) groups excluding carboxylic acids is 1. The van der Waals surface area contributed by atoms with Crippen LogP contribution in [-0.4, -0.2) is 45.2 Å². The van der Waals surface area contributed by atoms with Crippen molar-refractivity contribution in [2.75, 3.05) is 25.3 Å². The van der Waals surface area contributed by atoms with Gasteiger partial charge in [0.25, 0.3) is 5.56 Å². The lowest BCUT2D eigenvalue weighted by molar-refractivity contribution is -0.116. The molecule has 5 rings (SSSR count). The summed E-state index contributed by atoms with van der Waals surface area (Å²) in [6, 6.07) is 12.0. The minimum atomic E-state index is -0.337. The van der Waals surface area contributed by atoms with Crippen molar-refractivity contribution in [2.24, 2.45) is 0 Å². The zero-order chi connectivity index (χ0) is 23.8. The number of nitrogens with zero attached hydrogens (tertiary/aromatic N) is 4. The van der Waals surface area contributed by atoms with Gasteiger partial charge in [0, 0.05) is 23.3 Å². The van der Waals surface area contributed by atoms with E-state index in [0.29, 0.717) is 49.8 Å². The zero-order valence-corrected chi connectivity index (χ0v) is 19.9. The van der Waals surface area contributed by atoms with Gasteiger partial charge in [-0.3, -0.25) is 14.2 Å².